The molecule has 0 bridgehead atoms. The first-order valence-electron chi connectivity index (χ1n) is 7.28. The molecule has 3 aliphatic rings. The van der Waals surface area contributed by atoms with Crippen LogP contribution in [-0.4, -0.2) is 5.92 Å². The van der Waals surface area contributed by atoms with Crippen molar-refractivity contribution in [3.63, 3.8) is 0 Å². The Morgan fingerprint density at radius 3 is 2.15 bits per heavy atom. The summed E-state index contributed by atoms with van der Waals surface area (Å²) in [5.74, 6) is -0.311. The Labute approximate surface area is 144 Å². The maximum atomic E-state index is 2.50. The van der Waals surface area contributed by atoms with Crippen LogP contribution < -0.4 is 24.8 Å². The number of hydrogen-bond donors (Lipinski definition) is 0. The molecule has 0 nitrogen and oxygen atoms in total. The van der Waals surface area contributed by atoms with E-state index in [2.05, 4.69) is 39.0 Å². The standard InChI is InChI=1S/C8H11.C5H5.C3H7Si.2ClH.Zr/c1-6-4-5-7(2)8(6)3;1-2-4-5-3-1;1-2-4-3-1;;;/h4H2,1-3H3;1-3H,4H2;4H,1-3H2;2*1H;/q;;;;;+2/p-2. The fraction of sp³-hybridized carbons (Fsp3) is 0.500. The van der Waals surface area contributed by atoms with E-state index in [1.54, 1.807) is 35.2 Å². The van der Waals surface area contributed by atoms with E-state index in [1.807, 2.05) is 6.56 Å². The van der Waals surface area contributed by atoms with E-state index in [9.17, 15) is 0 Å². The molecule has 0 spiro atoms. The van der Waals surface area contributed by atoms with E-state index < -0.39 is 20.9 Å². The summed E-state index contributed by atoms with van der Waals surface area (Å²) in [5.41, 5.74) is 5.01. The SMILES string of the molecule is CC1=C(C)C(C)=[C]([Zr+2]([C]2=CC=CC2)[SiH]2CCC2)C1.[Cl-].[Cl-]. The van der Waals surface area contributed by atoms with Gasteiger partial charge in [-0.05, 0) is 0 Å². The zero-order chi connectivity index (χ0) is 12.7. The van der Waals surface area contributed by atoms with Crippen LogP contribution in [-0.2, 0) is 20.9 Å². The first-order chi connectivity index (χ1) is 8.68. The molecule has 0 saturated carbocycles. The third-order valence-electron chi connectivity index (χ3n) is 5.05. The zero-order valence-electron chi connectivity index (χ0n) is 12.6. The second-order valence-corrected chi connectivity index (χ2v) is 23.1. The average molecular weight is 406 g/mol. The molecular weight excluding hydrogens is 382 g/mol. The molecule has 1 aliphatic heterocycles. The minimum atomic E-state index is -1.37. The third kappa shape index (κ3) is 3.35. The molecule has 0 unspecified atom stereocenters. The van der Waals surface area contributed by atoms with Crippen LogP contribution in [0.5, 0.6) is 0 Å². The van der Waals surface area contributed by atoms with E-state index in [1.165, 1.54) is 12.8 Å². The van der Waals surface area contributed by atoms with E-state index in [-0.39, 0.29) is 30.7 Å². The number of allylic oxidation sites excluding steroid dienone is 8. The van der Waals surface area contributed by atoms with Crippen molar-refractivity contribution in [2.45, 2.75) is 52.1 Å². The number of halogens is 2. The van der Waals surface area contributed by atoms with Gasteiger partial charge in [-0.25, -0.2) is 0 Å². The number of hydrogen-bond acceptors (Lipinski definition) is 0. The largest absolute Gasteiger partial charge is 1.00 e. The molecule has 0 aromatic heterocycles. The Morgan fingerprint density at radius 1 is 1.05 bits per heavy atom. The minimum absolute atomic E-state index is 0. The Morgan fingerprint density at radius 2 is 1.75 bits per heavy atom. The molecular formula is C16H23Cl2SiZr. The molecule has 0 amide bonds. The molecule has 3 rings (SSSR count). The fourth-order valence-electron chi connectivity index (χ4n) is 3.42. The molecule has 1 fully saturated rings. The van der Waals surface area contributed by atoms with Gasteiger partial charge < -0.3 is 24.8 Å². The van der Waals surface area contributed by atoms with Gasteiger partial charge in [-0.2, -0.15) is 0 Å². The molecule has 109 valence electrons. The monoisotopic (exact) mass is 403 g/mol. The van der Waals surface area contributed by atoms with Crippen LogP contribution in [0.25, 0.3) is 0 Å². The predicted octanol–water partition coefficient (Wildman–Crippen LogP) is -1.40. The van der Waals surface area contributed by atoms with Gasteiger partial charge in [0.1, 0.15) is 0 Å². The Hall–Kier alpha value is 0.640. The van der Waals surface area contributed by atoms with Crippen LogP contribution >= 0.6 is 0 Å². The normalized spacial score (nSPS) is 21.4. The van der Waals surface area contributed by atoms with E-state index in [4.69, 9.17) is 0 Å². The summed E-state index contributed by atoms with van der Waals surface area (Å²) in [6.45, 7) is 7.12. The summed E-state index contributed by atoms with van der Waals surface area (Å²) in [4.78, 5) is 0. The van der Waals surface area contributed by atoms with Gasteiger partial charge in [-0.1, -0.05) is 0 Å². The van der Waals surface area contributed by atoms with Gasteiger partial charge in [0.15, 0.2) is 0 Å². The van der Waals surface area contributed by atoms with Gasteiger partial charge in [0, 0.05) is 0 Å². The van der Waals surface area contributed by atoms with Crippen LogP contribution in [0.1, 0.15) is 40.0 Å². The van der Waals surface area contributed by atoms with Crippen LogP contribution in [0.15, 0.2) is 41.5 Å². The van der Waals surface area contributed by atoms with E-state index >= 15 is 0 Å². The molecule has 0 N–H and O–H groups in total. The van der Waals surface area contributed by atoms with Gasteiger partial charge in [-0.3, -0.25) is 0 Å². The van der Waals surface area contributed by atoms with E-state index in [0.717, 1.165) is 0 Å². The van der Waals surface area contributed by atoms with Gasteiger partial charge in [0.25, 0.3) is 0 Å². The molecule has 1 saturated heterocycles. The van der Waals surface area contributed by atoms with Crippen molar-refractivity contribution in [1.29, 1.82) is 0 Å². The fourth-order valence-corrected chi connectivity index (χ4v) is 28.8. The van der Waals surface area contributed by atoms with Crippen LogP contribution in [0, 0.1) is 0 Å². The summed E-state index contributed by atoms with van der Waals surface area (Å²) in [6.07, 6.45) is 11.4. The van der Waals surface area contributed by atoms with Crippen molar-refractivity contribution >= 4 is 5.92 Å². The van der Waals surface area contributed by atoms with Crippen LogP contribution in [0.3, 0.4) is 0 Å². The summed E-state index contributed by atoms with van der Waals surface area (Å²) in [6, 6.07) is 3.34. The maximum Gasteiger partial charge on any atom is -1.00 e. The van der Waals surface area contributed by atoms with Gasteiger partial charge in [-0.15, -0.1) is 0 Å². The molecule has 2 aliphatic carbocycles. The second kappa shape index (κ2) is 7.77. The number of rotatable bonds is 3. The quantitative estimate of drug-likeness (QED) is 0.507. The summed E-state index contributed by atoms with van der Waals surface area (Å²) < 4.78 is 3.93. The van der Waals surface area contributed by atoms with E-state index in [0.29, 0.717) is 0 Å². The predicted molar refractivity (Wildman–Crippen MR) is 78.9 cm³/mol. The third-order valence-corrected chi connectivity index (χ3v) is 28.2. The Bertz CT molecular complexity index is 499. The first kappa shape index (κ1) is 18.7. The zero-order valence-corrected chi connectivity index (χ0v) is 17.7. The smallest absolute Gasteiger partial charge is 1.00 e. The van der Waals surface area contributed by atoms with Gasteiger partial charge in [0.05, 0.1) is 0 Å². The topological polar surface area (TPSA) is 0 Å². The van der Waals surface area contributed by atoms with Crippen molar-refractivity contribution in [3.05, 3.63) is 41.5 Å². The van der Waals surface area contributed by atoms with Gasteiger partial charge >= 0.3 is 120 Å². The average Bonchev–Trinajstić information content (AvgIpc) is 2.88. The van der Waals surface area contributed by atoms with Crippen LogP contribution in [0.4, 0.5) is 0 Å². The van der Waals surface area contributed by atoms with Crippen molar-refractivity contribution < 1.29 is 45.7 Å². The first-order valence-corrected chi connectivity index (χ1v) is 16.2. The molecule has 20 heavy (non-hydrogen) atoms. The van der Waals surface area contributed by atoms with Crippen molar-refractivity contribution in [3.8, 4) is 0 Å². The van der Waals surface area contributed by atoms with Crippen molar-refractivity contribution in [2.24, 2.45) is 0 Å². The minimum Gasteiger partial charge on any atom is -1.00 e. The maximum absolute atomic E-state index is 2.50. The second-order valence-electron chi connectivity index (χ2n) is 6.05. The molecule has 0 aromatic carbocycles. The molecule has 0 radical (unpaired) electrons. The van der Waals surface area contributed by atoms with Crippen LogP contribution in [0.2, 0.25) is 12.1 Å². The molecule has 1 heterocycles. The molecule has 0 aromatic rings. The molecule has 4 heteroatoms. The van der Waals surface area contributed by atoms with Gasteiger partial charge in [0.2, 0.25) is 0 Å². The summed E-state index contributed by atoms with van der Waals surface area (Å²) in [7, 11) is 0. The van der Waals surface area contributed by atoms with Crippen molar-refractivity contribution in [2.75, 3.05) is 0 Å². The Kier molecular flexibility index (Phi) is 7.26. The molecule has 0 atom stereocenters. The summed E-state index contributed by atoms with van der Waals surface area (Å²) in [5, 5.41) is 0. The summed E-state index contributed by atoms with van der Waals surface area (Å²) >= 11 is -1.37. The Balaban J connectivity index is 0.000001000. The van der Waals surface area contributed by atoms with Crippen molar-refractivity contribution in [1.82, 2.24) is 0 Å².